The molecule has 2 aromatic heterocycles. The van der Waals surface area contributed by atoms with Crippen LogP contribution in [-0.2, 0) is 27.7 Å². The third kappa shape index (κ3) is 12.5. The molecule has 4 atom stereocenters. The predicted octanol–water partition coefficient (Wildman–Crippen LogP) is 5.98. The van der Waals surface area contributed by atoms with Crippen LogP contribution in [0.2, 0.25) is 0 Å². The lowest BCUT2D eigenvalue weighted by molar-refractivity contribution is -0.121. The summed E-state index contributed by atoms with van der Waals surface area (Å²) in [5.41, 5.74) is 14.7. The molecule has 1 saturated heterocycles. The number of nitrogens with one attached hydrogen (secondary N) is 2. The summed E-state index contributed by atoms with van der Waals surface area (Å²) >= 11 is 0. The molecule has 0 saturated carbocycles. The maximum atomic E-state index is 14.7. The Bertz CT molecular complexity index is 3610. The van der Waals surface area contributed by atoms with Gasteiger partial charge in [-0.2, -0.15) is 0 Å². The number of phosphoric ester groups is 2. The van der Waals surface area contributed by atoms with Crippen LogP contribution in [0.25, 0.3) is 27.9 Å². The predicted molar refractivity (Wildman–Crippen MR) is 311 cm³/mol. The minimum Gasteiger partial charge on any atom is -0.456 e. The summed E-state index contributed by atoms with van der Waals surface area (Å²) in [7, 11) is -8.51. The lowest BCUT2D eigenvalue weighted by atomic mass is 9.83. The molecule has 4 aliphatic rings. The maximum Gasteiger partial charge on any atom is 0.470 e. The van der Waals surface area contributed by atoms with Gasteiger partial charge in [-0.15, -0.1) is 0 Å². The van der Waals surface area contributed by atoms with E-state index in [1.165, 1.54) is 15.7 Å². The Balaban J connectivity index is 0.832. The number of nitrogens with zero attached hydrogens (tertiary/aromatic N) is 7. The summed E-state index contributed by atoms with van der Waals surface area (Å²) < 4.78 is 49.4. The third-order valence-corrected chi connectivity index (χ3v) is 16.7. The monoisotopic (exact) mass is 1170 g/mol. The number of nitrogens with two attached hydrogens (primary N) is 1. The number of nitrogen functional groups attached to an aromatic ring is 1. The Labute approximate surface area is 476 Å². The number of unbranched alkanes of at least 4 members (excludes halogenated alkanes) is 3. The average molecular weight is 1170 g/mol. The quantitative estimate of drug-likeness (QED) is 0.0220. The van der Waals surface area contributed by atoms with Crippen LogP contribution in [0.5, 0.6) is 11.5 Å². The van der Waals surface area contributed by atoms with Crippen molar-refractivity contribution >= 4 is 72.8 Å². The number of amides is 2. The number of rotatable bonds is 22. The number of aromatic nitrogens is 4. The van der Waals surface area contributed by atoms with E-state index >= 15 is 0 Å². The number of phosphoric acid groups is 2. The summed E-state index contributed by atoms with van der Waals surface area (Å²) in [6, 6.07) is 16.6. The normalized spacial score (nSPS) is 19.9. The highest BCUT2D eigenvalue weighted by atomic mass is 31.2. The Hall–Kier alpha value is -6.36. The average Bonchev–Trinajstić information content (AvgIpc) is 1.27. The number of benzene rings is 3. The molecular formula is C57H75N10O13P2+. The molecule has 440 valence electrons. The highest BCUT2D eigenvalue weighted by Gasteiger charge is 2.50. The molecular weight excluding hydrogens is 1090 g/mol. The van der Waals surface area contributed by atoms with Gasteiger partial charge < -0.3 is 60.3 Å². The van der Waals surface area contributed by atoms with Gasteiger partial charge in [0, 0.05) is 98.3 Å². The number of carbonyl (C=O) groups is 2. The molecule has 2 amide bonds. The first kappa shape index (κ1) is 60.2. The van der Waals surface area contributed by atoms with E-state index in [0.717, 1.165) is 87.8 Å². The molecule has 82 heavy (non-hydrogen) atoms. The van der Waals surface area contributed by atoms with E-state index < -0.39 is 46.8 Å². The fourth-order valence-corrected chi connectivity index (χ4v) is 13.0. The molecule has 23 nitrogen and oxygen atoms in total. The molecule has 25 heteroatoms. The van der Waals surface area contributed by atoms with Gasteiger partial charge in [0.1, 0.15) is 42.7 Å². The molecule has 6 heterocycles. The van der Waals surface area contributed by atoms with Gasteiger partial charge in [-0.1, -0.05) is 37.1 Å². The van der Waals surface area contributed by atoms with Crippen LogP contribution in [0.1, 0.15) is 133 Å². The molecule has 0 spiro atoms. The fraction of sp³-hybridized carbons (Fsp3) is 0.474. The first-order chi connectivity index (χ1) is 38.7. The summed E-state index contributed by atoms with van der Waals surface area (Å²) in [4.78, 5) is 82.5. The zero-order valence-electron chi connectivity index (χ0n) is 47.7. The van der Waals surface area contributed by atoms with Crippen molar-refractivity contribution in [2.75, 3.05) is 62.3 Å². The third-order valence-electron chi connectivity index (χ3n) is 15.7. The van der Waals surface area contributed by atoms with Crippen molar-refractivity contribution in [3.8, 4) is 11.5 Å². The number of carbonyl (C=O) groups excluding carboxylic acids is 2. The van der Waals surface area contributed by atoms with Gasteiger partial charge in [0.05, 0.1) is 18.2 Å². The van der Waals surface area contributed by atoms with E-state index in [0.29, 0.717) is 44.5 Å². The summed E-state index contributed by atoms with van der Waals surface area (Å²) in [6.07, 6.45) is 2.62. The number of aliphatic hydroxyl groups excluding tert-OH is 1. The summed E-state index contributed by atoms with van der Waals surface area (Å²) in [5, 5.41) is 19.1. The molecule has 0 unspecified atom stereocenters. The minimum atomic E-state index is -5.26. The van der Waals surface area contributed by atoms with E-state index in [1.54, 1.807) is 11.9 Å². The van der Waals surface area contributed by atoms with Crippen molar-refractivity contribution in [3.05, 3.63) is 105 Å². The number of imidazole rings is 1. The minimum absolute atomic E-state index is 0.0236. The largest absolute Gasteiger partial charge is 0.470 e. The number of likely N-dealkylation sites (N-methyl/N-ethyl adjacent to an activating group) is 2. The van der Waals surface area contributed by atoms with Crippen molar-refractivity contribution in [2.24, 2.45) is 0 Å². The Morgan fingerprint density at radius 2 is 1.60 bits per heavy atom. The van der Waals surface area contributed by atoms with Crippen LogP contribution in [0.4, 0.5) is 17.5 Å². The molecule has 0 radical (unpaired) electrons. The van der Waals surface area contributed by atoms with Gasteiger partial charge in [0.25, 0.3) is 5.91 Å². The number of hydrogen-bond donors (Lipinski definition) is 8. The first-order valence-corrected chi connectivity index (χ1v) is 30.8. The molecule has 9 rings (SSSR count). The smallest absolute Gasteiger partial charge is 0.456 e. The number of hydrogen-bond acceptors (Lipinski definition) is 15. The second-order valence-electron chi connectivity index (χ2n) is 22.4. The van der Waals surface area contributed by atoms with Crippen LogP contribution < -0.4 is 41.2 Å². The van der Waals surface area contributed by atoms with Gasteiger partial charge in [0.2, 0.25) is 17.2 Å². The molecule has 1 fully saturated rings. The van der Waals surface area contributed by atoms with Crippen LogP contribution in [0, 0.1) is 0 Å². The zero-order valence-corrected chi connectivity index (χ0v) is 49.5. The molecule has 3 aromatic carbocycles. The Kier molecular flexibility index (Phi) is 17.4. The molecule has 9 N–H and O–H groups in total. The number of aliphatic hydroxyl groups is 1. The SMILES string of the molecule is CCN1c2cc3c(cc2C(C)=CC1(C)C)C(c1ccccc1C(=O)N(C)CCCC(=O)NCCCCCCNc1nc2c(N)ncnc2n1[C@@H]1O[C@H](COP(=O)(O)O)[C@@H](O)[C@H]1OP(=O)(O)O)=c1cc2c(cc1O3)=[N+](CC)C(C)(C)C=C2C. The number of anilines is 3. The molecule has 4 aliphatic heterocycles. The van der Waals surface area contributed by atoms with Crippen molar-refractivity contribution in [2.45, 2.75) is 130 Å². The second-order valence-corrected chi connectivity index (χ2v) is 24.8. The van der Waals surface area contributed by atoms with Gasteiger partial charge in [-0.25, -0.2) is 28.7 Å². The van der Waals surface area contributed by atoms with Gasteiger partial charge in [-0.3, -0.25) is 23.2 Å². The number of allylic oxidation sites excluding steroid dienone is 2. The Morgan fingerprint density at radius 3 is 2.30 bits per heavy atom. The van der Waals surface area contributed by atoms with Gasteiger partial charge in [-0.05, 0) is 102 Å². The van der Waals surface area contributed by atoms with E-state index in [9.17, 15) is 43.4 Å². The van der Waals surface area contributed by atoms with E-state index in [4.69, 9.17) is 19.7 Å². The molecule has 5 aromatic rings. The van der Waals surface area contributed by atoms with E-state index in [1.807, 2.05) is 24.3 Å². The van der Waals surface area contributed by atoms with E-state index in [2.05, 4.69) is 131 Å². The number of fused-ring (bicyclic) bond motifs is 5. The first-order valence-electron chi connectivity index (χ1n) is 27.7. The highest BCUT2D eigenvalue weighted by molar-refractivity contribution is 7.46. The summed E-state index contributed by atoms with van der Waals surface area (Å²) in [5.74, 6) is 1.23. The summed E-state index contributed by atoms with van der Waals surface area (Å²) in [6.45, 7) is 19.5. The van der Waals surface area contributed by atoms with Crippen molar-refractivity contribution < 1.29 is 61.9 Å². The van der Waals surface area contributed by atoms with Gasteiger partial charge >= 0.3 is 15.6 Å². The lowest BCUT2D eigenvalue weighted by Gasteiger charge is -2.43. The highest BCUT2D eigenvalue weighted by Crippen LogP contribution is 2.49. The fourth-order valence-electron chi connectivity index (χ4n) is 12.1. The van der Waals surface area contributed by atoms with E-state index in [-0.39, 0.29) is 52.2 Å². The topological polar surface area (TPSA) is 310 Å². The lowest BCUT2D eigenvalue weighted by Crippen LogP contribution is -2.49. The Morgan fingerprint density at radius 1 is 0.878 bits per heavy atom. The number of ether oxygens (including phenoxy) is 2. The zero-order chi connectivity index (χ0) is 59.2. The maximum absolute atomic E-state index is 14.7. The molecule has 0 bridgehead atoms. The van der Waals surface area contributed by atoms with Crippen LogP contribution in [0.3, 0.4) is 0 Å². The van der Waals surface area contributed by atoms with Crippen molar-refractivity contribution in [3.63, 3.8) is 0 Å². The van der Waals surface area contributed by atoms with Crippen LogP contribution >= 0.6 is 15.6 Å². The second kappa shape index (κ2) is 23.7. The van der Waals surface area contributed by atoms with Crippen LogP contribution in [-0.4, -0.2) is 137 Å². The van der Waals surface area contributed by atoms with Crippen LogP contribution in [0.15, 0.2) is 67.0 Å². The standard InChI is InChI=1S/C57H74N10O13P2/c1-10-65-41-27-43-39(25-37(41)33(3)29-56(65,5)6)47(40-26-38-34(4)30-57(7,8)66(11-2)42(38)28-44(40)78-43)35-19-14-15-20-36(35)53(70)64(9)24-18-21-46(68)59-22-16-12-13-17-23-60-55-63-48-51(58)61-32-62-52(48)67(55)54-50(80-82(74,75)76)49(69)45(79-54)31-77-81(71,72)73/h14-15,19-20,25-30,32,45,49-50,54,58,69H,10-13,16-18,21-24,31H2,1-9H3,(H6,59,68,70,71,72,73,74,75,76)/p+1/t45-,49-,50-,54-/m1/s1. The van der Waals surface area contributed by atoms with Crippen molar-refractivity contribution in [1.29, 1.82) is 0 Å². The van der Waals surface area contributed by atoms with Crippen molar-refractivity contribution in [1.82, 2.24) is 34.3 Å². The molecule has 0 aliphatic carbocycles. The van der Waals surface area contributed by atoms with Gasteiger partial charge in [0.15, 0.2) is 28.7 Å².